The topological polar surface area (TPSA) is 67.5 Å². The average molecular weight is 352 g/mol. The first-order chi connectivity index (χ1) is 12.6. The van der Waals surface area contributed by atoms with Crippen LogP contribution in [0.15, 0.2) is 55.1 Å². The van der Waals surface area contributed by atoms with Crippen LogP contribution in [0, 0.1) is 6.92 Å². The van der Waals surface area contributed by atoms with Crippen LogP contribution in [0.4, 0.5) is 0 Å². The van der Waals surface area contributed by atoms with Crippen molar-refractivity contribution in [1.82, 2.24) is 9.55 Å². The highest BCUT2D eigenvalue weighted by molar-refractivity contribution is 5.75. The van der Waals surface area contributed by atoms with E-state index in [1.165, 1.54) is 0 Å². The van der Waals surface area contributed by atoms with Gasteiger partial charge >= 0.3 is 0 Å². The number of aliphatic hydroxyl groups excluding tert-OH is 2. The monoisotopic (exact) mass is 352 g/mol. The van der Waals surface area contributed by atoms with Gasteiger partial charge in [-0.1, -0.05) is 35.9 Å². The summed E-state index contributed by atoms with van der Waals surface area (Å²) in [6.07, 6.45) is 1.83. The number of benzene rings is 2. The number of imidazole rings is 1. The third-order valence-electron chi connectivity index (χ3n) is 4.28. The van der Waals surface area contributed by atoms with Crippen LogP contribution in [0.1, 0.15) is 17.0 Å². The molecule has 1 aromatic heterocycles. The van der Waals surface area contributed by atoms with Gasteiger partial charge in [-0.3, -0.25) is 0 Å². The van der Waals surface area contributed by atoms with Gasteiger partial charge in [-0.15, -0.1) is 6.58 Å². The van der Waals surface area contributed by atoms with E-state index in [9.17, 15) is 10.2 Å². The summed E-state index contributed by atoms with van der Waals surface area (Å²) in [4.78, 5) is 4.40. The summed E-state index contributed by atoms with van der Waals surface area (Å²) in [5.74, 6) is 1.29. The highest BCUT2D eigenvalue weighted by Crippen LogP contribution is 2.22. The van der Waals surface area contributed by atoms with Crippen molar-refractivity contribution >= 4 is 11.0 Å². The second kappa shape index (κ2) is 8.17. The van der Waals surface area contributed by atoms with Gasteiger partial charge in [-0.25, -0.2) is 4.98 Å². The highest BCUT2D eigenvalue weighted by Gasteiger charge is 2.14. The van der Waals surface area contributed by atoms with Crippen molar-refractivity contribution in [1.29, 1.82) is 0 Å². The molecule has 0 aliphatic heterocycles. The molecule has 0 aliphatic rings. The van der Waals surface area contributed by atoms with Crippen LogP contribution >= 0.6 is 0 Å². The van der Waals surface area contributed by atoms with Crippen LogP contribution in [0.2, 0.25) is 0 Å². The van der Waals surface area contributed by atoms with Gasteiger partial charge in [0, 0.05) is 0 Å². The molecule has 0 radical (unpaired) electrons. The Morgan fingerprint density at radius 2 is 2.08 bits per heavy atom. The molecule has 26 heavy (non-hydrogen) atoms. The van der Waals surface area contributed by atoms with Crippen LogP contribution in [-0.2, 0) is 19.6 Å². The Balaban J connectivity index is 1.72. The number of nitrogens with zero attached hydrogens (tertiary/aromatic N) is 2. The van der Waals surface area contributed by atoms with Gasteiger partial charge in [0.15, 0.2) is 0 Å². The number of aromatic nitrogens is 2. The first-order valence-corrected chi connectivity index (χ1v) is 8.68. The Labute approximate surface area is 153 Å². The van der Waals surface area contributed by atoms with Crippen LogP contribution in [0.3, 0.4) is 0 Å². The maximum atomic E-state index is 10.5. The molecular weight excluding hydrogens is 328 g/mol. The molecule has 0 fully saturated rings. The van der Waals surface area contributed by atoms with E-state index in [1.807, 2.05) is 54.0 Å². The van der Waals surface area contributed by atoms with Gasteiger partial charge in [0.1, 0.15) is 30.9 Å². The molecule has 0 unspecified atom stereocenters. The van der Waals surface area contributed by atoms with Crippen LogP contribution in [0.25, 0.3) is 11.0 Å². The second-order valence-electron chi connectivity index (χ2n) is 6.35. The van der Waals surface area contributed by atoms with Gasteiger partial charge < -0.3 is 19.5 Å². The number of aliphatic hydroxyl groups is 2. The lowest BCUT2D eigenvalue weighted by Crippen LogP contribution is -2.25. The molecule has 2 N–H and O–H groups in total. The second-order valence-corrected chi connectivity index (χ2v) is 6.35. The van der Waals surface area contributed by atoms with Crippen molar-refractivity contribution in [3.05, 3.63) is 72.1 Å². The molecule has 136 valence electrons. The molecule has 5 heteroatoms. The molecule has 3 aromatic rings. The van der Waals surface area contributed by atoms with E-state index in [2.05, 4.69) is 17.6 Å². The normalized spacial score (nSPS) is 12.3. The van der Waals surface area contributed by atoms with E-state index < -0.39 is 6.10 Å². The number of fused-ring (bicyclic) bond motifs is 1. The fourth-order valence-electron chi connectivity index (χ4n) is 3.06. The van der Waals surface area contributed by atoms with Gasteiger partial charge in [0.25, 0.3) is 0 Å². The Kier molecular flexibility index (Phi) is 5.71. The Bertz CT molecular complexity index is 901. The van der Waals surface area contributed by atoms with Crippen molar-refractivity contribution in [2.45, 2.75) is 32.6 Å². The van der Waals surface area contributed by atoms with Crippen LogP contribution in [-0.4, -0.2) is 32.5 Å². The van der Waals surface area contributed by atoms with Gasteiger partial charge in [-0.2, -0.15) is 0 Å². The first-order valence-electron chi connectivity index (χ1n) is 8.68. The summed E-state index contributed by atoms with van der Waals surface area (Å²) < 4.78 is 7.68. The summed E-state index contributed by atoms with van der Waals surface area (Å²) in [5.41, 5.74) is 3.90. The zero-order valence-electron chi connectivity index (χ0n) is 14.9. The van der Waals surface area contributed by atoms with Gasteiger partial charge in [0.05, 0.1) is 17.6 Å². The summed E-state index contributed by atoms with van der Waals surface area (Å²) in [6, 6.07) is 13.6. The maximum Gasteiger partial charge on any atom is 0.135 e. The standard InChI is InChI=1S/C21H24N2O3/c1-3-6-16-11-15(2)9-10-20(16)26-14-17(25)12-23-19-8-5-4-7-18(19)22-21(23)13-24/h3-5,7-11,17,24-25H,1,6,12-14H2,2H3/t17-/m0/s1. The smallest absolute Gasteiger partial charge is 0.135 e. The highest BCUT2D eigenvalue weighted by atomic mass is 16.5. The minimum Gasteiger partial charge on any atom is -0.491 e. The van der Waals surface area contributed by atoms with Crippen LogP contribution in [0.5, 0.6) is 5.75 Å². The van der Waals surface area contributed by atoms with E-state index >= 15 is 0 Å². The van der Waals surface area contributed by atoms with Crippen molar-refractivity contribution < 1.29 is 14.9 Å². The minimum absolute atomic E-state index is 0.157. The number of aryl methyl sites for hydroxylation is 1. The molecule has 0 bridgehead atoms. The quantitative estimate of drug-likeness (QED) is 0.612. The molecule has 1 atom stereocenters. The maximum absolute atomic E-state index is 10.5. The molecular formula is C21H24N2O3. The van der Waals surface area contributed by atoms with E-state index in [0.717, 1.165) is 27.9 Å². The lowest BCUT2D eigenvalue weighted by Gasteiger charge is -2.17. The number of para-hydroxylation sites is 2. The Hall–Kier alpha value is -2.63. The fraction of sp³-hybridized carbons (Fsp3) is 0.286. The molecule has 0 amide bonds. The predicted molar refractivity (Wildman–Crippen MR) is 102 cm³/mol. The van der Waals surface area contributed by atoms with Gasteiger partial charge in [-0.05, 0) is 37.1 Å². The third-order valence-corrected chi connectivity index (χ3v) is 4.28. The molecule has 0 spiro atoms. The third kappa shape index (κ3) is 3.95. The number of allylic oxidation sites excluding steroid dienone is 1. The van der Waals surface area contributed by atoms with E-state index in [0.29, 0.717) is 18.8 Å². The molecule has 0 aliphatic carbocycles. The minimum atomic E-state index is -0.726. The largest absolute Gasteiger partial charge is 0.491 e. The summed E-state index contributed by atoms with van der Waals surface area (Å²) in [7, 11) is 0. The molecule has 0 saturated heterocycles. The molecule has 2 aromatic carbocycles. The number of ether oxygens (including phenoxy) is 1. The van der Waals surface area contributed by atoms with Crippen LogP contribution < -0.4 is 4.74 Å². The lowest BCUT2D eigenvalue weighted by molar-refractivity contribution is 0.0911. The fourth-order valence-corrected chi connectivity index (χ4v) is 3.06. The lowest BCUT2D eigenvalue weighted by atomic mass is 10.1. The van der Waals surface area contributed by atoms with E-state index in [4.69, 9.17) is 4.74 Å². The van der Waals surface area contributed by atoms with Crippen molar-refractivity contribution in [2.24, 2.45) is 0 Å². The molecule has 0 saturated carbocycles. The number of hydrogen-bond acceptors (Lipinski definition) is 4. The van der Waals surface area contributed by atoms with E-state index in [-0.39, 0.29) is 13.2 Å². The summed E-state index contributed by atoms with van der Waals surface area (Å²) >= 11 is 0. The number of rotatable bonds is 8. The zero-order valence-corrected chi connectivity index (χ0v) is 14.9. The first kappa shape index (κ1) is 18.2. The van der Waals surface area contributed by atoms with Crippen molar-refractivity contribution in [3.8, 4) is 5.75 Å². The van der Waals surface area contributed by atoms with Gasteiger partial charge in [0.2, 0.25) is 0 Å². The number of hydrogen-bond donors (Lipinski definition) is 2. The predicted octanol–water partition coefficient (Wildman–Crippen LogP) is 3.01. The SMILES string of the molecule is C=CCc1cc(C)ccc1OC[C@@H](O)Cn1c(CO)nc2ccccc21. The van der Waals surface area contributed by atoms with E-state index in [1.54, 1.807) is 0 Å². The zero-order chi connectivity index (χ0) is 18.5. The summed E-state index contributed by atoms with van der Waals surface area (Å²) in [6.45, 7) is 6.10. The molecule has 1 heterocycles. The molecule has 5 nitrogen and oxygen atoms in total. The summed E-state index contributed by atoms with van der Waals surface area (Å²) in [5, 5.41) is 20.0. The Morgan fingerprint density at radius 1 is 1.27 bits per heavy atom. The Morgan fingerprint density at radius 3 is 2.85 bits per heavy atom. The molecule has 3 rings (SSSR count). The van der Waals surface area contributed by atoms with Crippen molar-refractivity contribution in [2.75, 3.05) is 6.61 Å². The van der Waals surface area contributed by atoms with Crippen molar-refractivity contribution in [3.63, 3.8) is 0 Å². The average Bonchev–Trinajstić information content (AvgIpc) is 2.99.